The molecule has 0 spiro atoms. The first kappa shape index (κ1) is 26.9. The summed E-state index contributed by atoms with van der Waals surface area (Å²) in [6, 6.07) is 6.36. The third-order valence-corrected chi connectivity index (χ3v) is 5.13. The SMILES string of the molecule is C=CCOc1c(Br)cc(C=NNC(=O)N/N=C/c2cc(Br)c(OCC=C)c(OC)c2)cc1OC. The summed E-state index contributed by atoms with van der Waals surface area (Å²) >= 11 is 6.87. The molecule has 0 bridgehead atoms. The van der Waals surface area contributed by atoms with Gasteiger partial charge in [-0.1, -0.05) is 25.3 Å². The van der Waals surface area contributed by atoms with Crippen LogP contribution in [-0.2, 0) is 0 Å². The van der Waals surface area contributed by atoms with Crippen molar-refractivity contribution in [3.05, 3.63) is 69.6 Å². The summed E-state index contributed by atoms with van der Waals surface area (Å²) in [5.74, 6) is 2.11. The number of carbonyl (C=O) groups is 1. The van der Waals surface area contributed by atoms with Gasteiger partial charge in [0.25, 0.3) is 0 Å². The second-order valence-corrected chi connectivity index (χ2v) is 8.05. The van der Waals surface area contributed by atoms with Crippen molar-refractivity contribution in [1.29, 1.82) is 0 Å². The van der Waals surface area contributed by atoms with Gasteiger partial charge in [-0.25, -0.2) is 15.6 Å². The first-order valence-electron chi connectivity index (χ1n) is 9.78. The van der Waals surface area contributed by atoms with Crippen molar-refractivity contribution in [2.45, 2.75) is 0 Å². The molecule has 34 heavy (non-hydrogen) atoms. The molecule has 2 rings (SSSR count). The molecule has 0 aromatic heterocycles. The molecule has 2 aromatic rings. The number of halogens is 2. The van der Waals surface area contributed by atoms with Gasteiger partial charge in [0.05, 0.1) is 35.6 Å². The van der Waals surface area contributed by atoms with Crippen LogP contribution < -0.4 is 29.8 Å². The standard InChI is InChI=1S/C23H24Br2N4O5/c1-5-7-33-21-17(24)9-15(11-19(21)31-3)13-26-28-23(30)29-27-14-16-10-18(25)22(34-8-6-2)20(12-16)32-4/h5-6,9-14H,1-2,7-8H2,3-4H3,(H2,28,29,30)/b26-13+,27-14?. The van der Waals surface area contributed by atoms with Crippen LogP contribution in [0.4, 0.5) is 4.79 Å². The Bertz CT molecular complexity index is 1010. The number of hydrogen-bond donors (Lipinski definition) is 2. The lowest BCUT2D eigenvalue weighted by Gasteiger charge is -2.12. The molecule has 180 valence electrons. The average molecular weight is 596 g/mol. The zero-order valence-corrected chi connectivity index (χ0v) is 21.8. The number of nitrogens with zero attached hydrogens (tertiary/aromatic N) is 2. The highest BCUT2D eigenvalue weighted by Gasteiger charge is 2.12. The summed E-state index contributed by atoms with van der Waals surface area (Å²) in [6.45, 7) is 7.92. The fourth-order valence-electron chi connectivity index (χ4n) is 2.55. The molecule has 0 fully saturated rings. The predicted molar refractivity (Wildman–Crippen MR) is 140 cm³/mol. The van der Waals surface area contributed by atoms with Crippen molar-refractivity contribution >= 4 is 50.3 Å². The van der Waals surface area contributed by atoms with E-state index in [0.29, 0.717) is 56.3 Å². The fourth-order valence-corrected chi connectivity index (χ4v) is 3.70. The molecule has 0 aliphatic heterocycles. The number of rotatable bonds is 12. The van der Waals surface area contributed by atoms with Crippen LogP contribution in [0.25, 0.3) is 0 Å². The molecule has 0 aliphatic carbocycles. The van der Waals surface area contributed by atoms with Gasteiger partial charge in [-0.3, -0.25) is 0 Å². The van der Waals surface area contributed by atoms with E-state index in [4.69, 9.17) is 18.9 Å². The number of hydrogen-bond acceptors (Lipinski definition) is 7. The van der Waals surface area contributed by atoms with E-state index >= 15 is 0 Å². The lowest BCUT2D eigenvalue weighted by Crippen LogP contribution is -2.28. The van der Waals surface area contributed by atoms with Crippen LogP contribution in [0.1, 0.15) is 11.1 Å². The Labute approximate surface area is 214 Å². The normalized spacial score (nSPS) is 10.7. The molecule has 0 radical (unpaired) electrons. The monoisotopic (exact) mass is 594 g/mol. The molecule has 0 saturated heterocycles. The Kier molecular flexibility index (Phi) is 11.1. The molecular formula is C23H24Br2N4O5. The minimum atomic E-state index is -0.624. The molecule has 0 atom stereocenters. The topological polar surface area (TPSA) is 103 Å². The summed E-state index contributed by atoms with van der Waals surface area (Å²) in [7, 11) is 3.06. The molecule has 0 saturated carbocycles. The van der Waals surface area contributed by atoms with E-state index in [1.807, 2.05) is 0 Å². The van der Waals surface area contributed by atoms with Gasteiger partial charge >= 0.3 is 6.03 Å². The predicted octanol–water partition coefficient (Wildman–Crippen LogP) is 5.03. The number of nitrogens with one attached hydrogen (secondary N) is 2. The Balaban J connectivity index is 1.98. The molecular weight excluding hydrogens is 572 g/mol. The van der Waals surface area contributed by atoms with Crippen LogP contribution in [0.3, 0.4) is 0 Å². The largest absolute Gasteiger partial charge is 0.493 e. The minimum Gasteiger partial charge on any atom is -0.493 e. The summed E-state index contributed by atoms with van der Waals surface area (Å²) in [5, 5.41) is 7.82. The van der Waals surface area contributed by atoms with Crippen LogP contribution >= 0.6 is 31.9 Å². The van der Waals surface area contributed by atoms with Gasteiger partial charge in [0.2, 0.25) is 0 Å². The van der Waals surface area contributed by atoms with Gasteiger partial charge in [0, 0.05) is 0 Å². The molecule has 2 amide bonds. The highest BCUT2D eigenvalue weighted by Crippen LogP contribution is 2.37. The summed E-state index contributed by atoms with van der Waals surface area (Å²) in [4.78, 5) is 12.0. The molecule has 0 unspecified atom stereocenters. The molecule has 2 aromatic carbocycles. The molecule has 0 heterocycles. The van der Waals surface area contributed by atoms with E-state index in [1.165, 1.54) is 26.6 Å². The second-order valence-electron chi connectivity index (χ2n) is 6.34. The second kappa shape index (κ2) is 14.1. The van der Waals surface area contributed by atoms with Gasteiger partial charge in [-0.15, -0.1) is 0 Å². The number of methoxy groups -OCH3 is 2. The quantitative estimate of drug-likeness (QED) is 0.204. The maximum atomic E-state index is 12.0. The molecule has 11 heteroatoms. The number of benzene rings is 2. The minimum absolute atomic E-state index is 0.335. The van der Waals surface area contributed by atoms with Gasteiger partial charge in [0.15, 0.2) is 23.0 Å². The van der Waals surface area contributed by atoms with E-state index in [9.17, 15) is 4.79 Å². The maximum absolute atomic E-state index is 12.0. The van der Waals surface area contributed by atoms with Crippen molar-refractivity contribution < 1.29 is 23.7 Å². The average Bonchev–Trinajstić information content (AvgIpc) is 2.82. The zero-order valence-electron chi connectivity index (χ0n) is 18.6. The molecule has 0 aliphatic rings. The molecule has 9 nitrogen and oxygen atoms in total. The summed E-state index contributed by atoms with van der Waals surface area (Å²) in [6.07, 6.45) is 6.18. The highest BCUT2D eigenvalue weighted by atomic mass is 79.9. The van der Waals surface area contributed by atoms with Crippen LogP contribution in [0.2, 0.25) is 0 Å². The molecule has 2 N–H and O–H groups in total. The van der Waals surface area contributed by atoms with E-state index < -0.39 is 6.03 Å². The van der Waals surface area contributed by atoms with Gasteiger partial charge in [0.1, 0.15) is 13.2 Å². The van der Waals surface area contributed by atoms with Crippen molar-refractivity contribution in [2.24, 2.45) is 10.2 Å². The van der Waals surface area contributed by atoms with Crippen molar-refractivity contribution in [2.75, 3.05) is 27.4 Å². The Morgan fingerprint density at radius 1 is 0.853 bits per heavy atom. The van der Waals surface area contributed by atoms with Crippen molar-refractivity contribution in [1.82, 2.24) is 10.9 Å². The maximum Gasteiger partial charge on any atom is 0.355 e. The number of carbonyl (C=O) groups excluding carboxylic acids is 1. The van der Waals surface area contributed by atoms with E-state index in [-0.39, 0.29) is 0 Å². The van der Waals surface area contributed by atoms with Crippen LogP contribution in [0.15, 0.2) is 68.7 Å². The van der Waals surface area contributed by atoms with E-state index in [1.54, 1.807) is 36.4 Å². The first-order chi connectivity index (χ1) is 16.4. The van der Waals surface area contributed by atoms with Gasteiger partial charge < -0.3 is 18.9 Å². The van der Waals surface area contributed by atoms with Crippen LogP contribution in [0.5, 0.6) is 23.0 Å². The summed E-state index contributed by atoms with van der Waals surface area (Å²) in [5.41, 5.74) is 6.01. The van der Waals surface area contributed by atoms with Crippen LogP contribution in [0, 0.1) is 0 Å². The van der Waals surface area contributed by atoms with Crippen molar-refractivity contribution in [3.8, 4) is 23.0 Å². The Hall–Kier alpha value is -3.31. The van der Waals surface area contributed by atoms with Gasteiger partial charge in [-0.05, 0) is 67.3 Å². The number of amides is 2. The Morgan fingerprint density at radius 2 is 1.26 bits per heavy atom. The number of hydrazone groups is 2. The van der Waals surface area contributed by atoms with E-state index in [2.05, 4.69) is 66.1 Å². The first-order valence-corrected chi connectivity index (χ1v) is 11.4. The fraction of sp³-hybridized carbons (Fsp3) is 0.174. The summed E-state index contributed by atoms with van der Waals surface area (Å²) < 4.78 is 23.2. The van der Waals surface area contributed by atoms with Gasteiger partial charge in [-0.2, -0.15) is 10.2 Å². The third-order valence-electron chi connectivity index (χ3n) is 3.95. The van der Waals surface area contributed by atoms with E-state index in [0.717, 1.165) is 0 Å². The number of ether oxygens (including phenoxy) is 4. The smallest absolute Gasteiger partial charge is 0.355 e. The third kappa shape index (κ3) is 7.92. The zero-order chi connectivity index (χ0) is 24.9. The Morgan fingerprint density at radius 3 is 1.62 bits per heavy atom. The lowest BCUT2D eigenvalue weighted by atomic mass is 10.2. The van der Waals surface area contributed by atoms with Crippen molar-refractivity contribution in [3.63, 3.8) is 0 Å². The highest BCUT2D eigenvalue weighted by molar-refractivity contribution is 9.11. The lowest BCUT2D eigenvalue weighted by molar-refractivity contribution is 0.242. The van der Waals surface area contributed by atoms with Crippen LogP contribution in [-0.4, -0.2) is 45.9 Å². The number of urea groups is 1.